The van der Waals surface area contributed by atoms with Crippen molar-refractivity contribution in [1.29, 1.82) is 0 Å². The van der Waals surface area contributed by atoms with E-state index in [9.17, 15) is 17.8 Å². The van der Waals surface area contributed by atoms with E-state index in [1.807, 2.05) is 0 Å². The van der Waals surface area contributed by atoms with Crippen molar-refractivity contribution in [1.82, 2.24) is 0 Å². The lowest BCUT2D eigenvalue weighted by Crippen LogP contribution is -2.49. The number of carboxylic acid groups (broad SMARTS) is 1. The molecule has 0 aromatic rings. The smallest absolute Gasteiger partial charge is 0.335 e. The second-order valence-corrected chi connectivity index (χ2v) is 4.08. The van der Waals surface area contributed by atoms with Gasteiger partial charge in [-0.05, 0) is 0 Å². The van der Waals surface area contributed by atoms with Crippen LogP contribution in [0.1, 0.15) is 0 Å². The minimum Gasteiger partial charge on any atom is -0.726 e. The first-order valence-corrected chi connectivity index (χ1v) is 5.45. The zero-order chi connectivity index (χ0) is 13.8. The summed E-state index contributed by atoms with van der Waals surface area (Å²) in [5.74, 6) is -1.86. The Kier molecular flexibility index (Phi) is 5.91. The van der Waals surface area contributed by atoms with Gasteiger partial charge in [-0.3, -0.25) is 4.18 Å². The van der Waals surface area contributed by atoms with Crippen molar-refractivity contribution in [2.75, 3.05) is 6.61 Å². The molecule has 17 heavy (non-hydrogen) atoms. The third kappa shape index (κ3) is 5.88. The SMILES string of the molecule is O=C(O)C(O)C(O)C(O)C(O)COS(=O)(=O)[O-]. The minimum atomic E-state index is -5.10. The molecule has 0 rings (SSSR count). The molecule has 0 radical (unpaired) electrons. The summed E-state index contributed by atoms with van der Waals surface area (Å²) >= 11 is 0. The molecule has 0 saturated carbocycles. The van der Waals surface area contributed by atoms with E-state index < -0.39 is 47.4 Å². The fourth-order valence-electron chi connectivity index (χ4n) is 0.812. The molecule has 0 aliphatic carbocycles. The normalized spacial score (nSPS) is 19.4. The first-order valence-electron chi connectivity index (χ1n) is 4.11. The first kappa shape index (κ1) is 16.2. The van der Waals surface area contributed by atoms with E-state index in [0.29, 0.717) is 0 Å². The van der Waals surface area contributed by atoms with Gasteiger partial charge in [-0.1, -0.05) is 0 Å². The molecule has 11 heteroatoms. The monoisotopic (exact) mass is 275 g/mol. The van der Waals surface area contributed by atoms with E-state index in [-0.39, 0.29) is 0 Å². The number of rotatable bonds is 7. The maximum Gasteiger partial charge on any atom is 0.335 e. The highest BCUT2D eigenvalue weighted by Crippen LogP contribution is 2.06. The Morgan fingerprint density at radius 2 is 1.65 bits per heavy atom. The fourth-order valence-corrected chi connectivity index (χ4v) is 1.12. The van der Waals surface area contributed by atoms with Crippen LogP contribution in [0.25, 0.3) is 0 Å². The van der Waals surface area contributed by atoms with Crippen molar-refractivity contribution < 1.29 is 47.5 Å². The molecule has 0 aromatic heterocycles. The number of hydrogen-bond acceptors (Lipinski definition) is 9. The van der Waals surface area contributed by atoms with E-state index in [4.69, 9.17) is 25.5 Å². The van der Waals surface area contributed by atoms with E-state index in [0.717, 1.165) is 0 Å². The van der Waals surface area contributed by atoms with Gasteiger partial charge in [0.2, 0.25) is 10.4 Å². The third-order valence-corrected chi connectivity index (χ3v) is 2.13. The molecular formula is C6H11O10S-. The average Bonchev–Trinajstić information content (AvgIpc) is 2.21. The zero-order valence-electron chi connectivity index (χ0n) is 8.20. The largest absolute Gasteiger partial charge is 0.726 e. The summed E-state index contributed by atoms with van der Waals surface area (Å²) in [6.45, 7) is -1.18. The van der Waals surface area contributed by atoms with Crippen LogP contribution in [0.5, 0.6) is 0 Å². The van der Waals surface area contributed by atoms with E-state index in [1.165, 1.54) is 0 Å². The Hall–Kier alpha value is -0.820. The molecular weight excluding hydrogens is 264 g/mol. The topological polar surface area (TPSA) is 185 Å². The number of carboxylic acids is 1. The molecule has 0 aliphatic heterocycles. The molecule has 0 spiro atoms. The molecule has 102 valence electrons. The lowest BCUT2D eigenvalue weighted by Gasteiger charge is -2.24. The van der Waals surface area contributed by atoms with Crippen molar-refractivity contribution in [2.45, 2.75) is 24.4 Å². The predicted molar refractivity (Wildman–Crippen MR) is 47.3 cm³/mol. The van der Waals surface area contributed by atoms with Crippen LogP contribution in [-0.2, 0) is 19.4 Å². The molecule has 0 amide bonds. The van der Waals surface area contributed by atoms with Gasteiger partial charge in [-0.15, -0.1) is 0 Å². The molecule has 5 N–H and O–H groups in total. The summed E-state index contributed by atoms with van der Waals surface area (Å²) in [5.41, 5.74) is 0. The maximum atomic E-state index is 10.2. The zero-order valence-corrected chi connectivity index (χ0v) is 9.02. The summed E-state index contributed by atoms with van der Waals surface area (Å²) in [4.78, 5) is 10.2. The number of aliphatic hydroxyl groups is 4. The predicted octanol–water partition coefficient (Wildman–Crippen LogP) is -4.01. The van der Waals surface area contributed by atoms with E-state index in [2.05, 4.69) is 4.18 Å². The van der Waals surface area contributed by atoms with Gasteiger partial charge >= 0.3 is 5.97 Å². The van der Waals surface area contributed by atoms with Gasteiger partial charge < -0.3 is 30.1 Å². The van der Waals surface area contributed by atoms with Crippen molar-refractivity contribution in [3.63, 3.8) is 0 Å². The van der Waals surface area contributed by atoms with Crippen molar-refractivity contribution >= 4 is 16.4 Å². The summed E-state index contributed by atoms with van der Waals surface area (Å²) in [6, 6.07) is 0. The van der Waals surface area contributed by atoms with Crippen molar-refractivity contribution in [3.05, 3.63) is 0 Å². The van der Waals surface area contributed by atoms with Crippen LogP contribution in [-0.4, -0.2) is 75.5 Å². The summed E-state index contributed by atoms with van der Waals surface area (Å²) < 4.78 is 33.6. The molecule has 0 aromatic carbocycles. The van der Waals surface area contributed by atoms with Gasteiger partial charge in [0.15, 0.2) is 6.10 Å². The minimum absolute atomic E-state index is 1.18. The maximum absolute atomic E-state index is 10.2. The summed E-state index contributed by atoms with van der Waals surface area (Å²) in [6.07, 6.45) is -8.94. The van der Waals surface area contributed by atoms with Gasteiger partial charge in [0, 0.05) is 0 Å². The molecule has 0 saturated heterocycles. The number of carbonyl (C=O) groups is 1. The van der Waals surface area contributed by atoms with Gasteiger partial charge in [0.1, 0.15) is 18.3 Å². The van der Waals surface area contributed by atoms with Crippen LogP contribution in [0.4, 0.5) is 0 Å². The molecule has 4 atom stereocenters. The quantitative estimate of drug-likeness (QED) is 0.226. The van der Waals surface area contributed by atoms with Crippen LogP contribution < -0.4 is 0 Å². The number of hydrogen-bond donors (Lipinski definition) is 5. The van der Waals surface area contributed by atoms with Crippen molar-refractivity contribution in [2.24, 2.45) is 0 Å². The standard InChI is InChI=1S/C6H12O10S/c7-2(1-16-17(13,14)15)3(8)4(9)5(10)6(11)12/h2-5,7-10H,1H2,(H,11,12)(H,13,14,15)/p-1. The van der Waals surface area contributed by atoms with E-state index >= 15 is 0 Å². The van der Waals surface area contributed by atoms with Crippen LogP contribution in [0, 0.1) is 0 Å². The highest BCUT2D eigenvalue weighted by Gasteiger charge is 2.34. The van der Waals surface area contributed by atoms with Crippen LogP contribution in [0.15, 0.2) is 0 Å². The third-order valence-electron chi connectivity index (χ3n) is 1.70. The van der Waals surface area contributed by atoms with Gasteiger partial charge in [-0.25, -0.2) is 13.2 Å². The van der Waals surface area contributed by atoms with E-state index in [1.54, 1.807) is 0 Å². The molecule has 4 unspecified atom stereocenters. The average molecular weight is 275 g/mol. The fraction of sp³-hybridized carbons (Fsp3) is 0.833. The molecule has 0 bridgehead atoms. The second kappa shape index (κ2) is 6.20. The Bertz CT molecular complexity index is 350. The molecule has 0 heterocycles. The van der Waals surface area contributed by atoms with Gasteiger partial charge in [-0.2, -0.15) is 0 Å². The second-order valence-electron chi connectivity index (χ2n) is 3.02. The molecule has 0 aliphatic rings. The number of aliphatic hydroxyl groups excluding tert-OH is 4. The Balaban J connectivity index is 4.39. The van der Waals surface area contributed by atoms with Gasteiger partial charge in [0.05, 0.1) is 6.61 Å². The summed E-state index contributed by atoms with van der Waals surface area (Å²) in [5, 5.41) is 44.2. The van der Waals surface area contributed by atoms with Gasteiger partial charge in [0.25, 0.3) is 0 Å². The molecule has 0 fully saturated rings. The Morgan fingerprint density at radius 1 is 1.18 bits per heavy atom. The highest BCUT2D eigenvalue weighted by molar-refractivity contribution is 7.80. The lowest BCUT2D eigenvalue weighted by molar-refractivity contribution is -0.163. The molecule has 10 nitrogen and oxygen atoms in total. The number of aliphatic carboxylic acids is 1. The Morgan fingerprint density at radius 3 is 2.00 bits per heavy atom. The Labute approximate surface area is 95.6 Å². The van der Waals surface area contributed by atoms with Crippen molar-refractivity contribution in [3.8, 4) is 0 Å². The van der Waals surface area contributed by atoms with Crippen LogP contribution in [0.3, 0.4) is 0 Å². The van der Waals surface area contributed by atoms with Crippen LogP contribution in [0.2, 0.25) is 0 Å². The lowest BCUT2D eigenvalue weighted by atomic mass is 10.0. The first-order chi connectivity index (χ1) is 7.56. The van der Waals surface area contributed by atoms with Crippen LogP contribution >= 0.6 is 0 Å². The highest BCUT2D eigenvalue weighted by atomic mass is 32.3. The summed E-state index contributed by atoms with van der Waals surface area (Å²) in [7, 11) is -5.10.